The summed E-state index contributed by atoms with van der Waals surface area (Å²) in [5, 5.41) is 0. The van der Waals surface area contributed by atoms with E-state index in [4.69, 9.17) is 0 Å². The molecule has 0 spiro atoms. The van der Waals surface area contributed by atoms with Crippen LogP contribution in [0.2, 0.25) is 0 Å². The summed E-state index contributed by atoms with van der Waals surface area (Å²) in [5.41, 5.74) is 1.28. The van der Waals surface area contributed by atoms with Crippen LogP contribution in [-0.4, -0.2) is 23.5 Å². The van der Waals surface area contributed by atoms with Crippen molar-refractivity contribution >= 4 is 0 Å². The summed E-state index contributed by atoms with van der Waals surface area (Å²) in [4.78, 5) is 6.43. The molecule has 0 aliphatic carbocycles. The first-order valence-electron chi connectivity index (χ1n) is 4.35. The largest absolute Gasteiger partial charge is 0.333 e. The number of nitrogens with zero attached hydrogens (tertiary/aromatic N) is 2. The lowest BCUT2D eigenvalue weighted by atomic mass is 10.1. The number of rotatable bonds is 1. The molecule has 1 aromatic rings. The van der Waals surface area contributed by atoms with Gasteiger partial charge in [-0.2, -0.15) is 11.6 Å². The first-order valence-corrected chi connectivity index (χ1v) is 4.35. The van der Waals surface area contributed by atoms with Crippen molar-refractivity contribution in [3.63, 3.8) is 0 Å². The smallest absolute Gasteiger partial charge is 0.000386 e. The molecular formula is C10H13N2-. The van der Waals surface area contributed by atoms with Crippen LogP contribution in [0, 0.1) is 6.04 Å². The van der Waals surface area contributed by atoms with Gasteiger partial charge < -0.3 is 9.88 Å². The molecule has 0 atom stereocenters. The highest BCUT2D eigenvalue weighted by atomic mass is 15.1. The predicted octanol–water partition coefficient (Wildman–Crippen LogP) is 1.69. The molecule has 1 aliphatic rings. The molecule has 64 valence electrons. The fourth-order valence-electron chi connectivity index (χ4n) is 1.71. The quantitative estimate of drug-likeness (QED) is 0.583. The molecule has 2 heteroatoms. The Kier molecular flexibility index (Phi) is 2.00. The molecule has 0 N–H and O–H groups in total. The van der Waals surface area contributed by atoms with E-state index in [-0.39, 0.29) is 0 Å². The summed E-state index contributed by atoms with van der Waals surface area (Å²) in [5.74, 6) is 0. The van der Waals surface area contributed by atoms with Crippen LogP contribution in [0.15, 0.2) is 24.5 Å². The average Bonchev–Trinajstić information content (AvgIpc) is 2.53. The van der Waals surface area contributed by atoms with Crippen molar-refractivity contribution in [3.8, 4) is 0 Å². The lowest BCUT2D eigenvalue weighted by Crippen LogP contribution is -2.18. The summed E-state index contributed by atoms with van der Waals surface area (Å²) in [6.45, 7) is 1.18. The molecule has 1 aliphatic heterocycles. The second-order valence-corrected chi connectivity index (χ2v) is 3.21. The van der Waals surface area contributed by atoms with E-state index in [1.807, 2.05) is 18.5 Å². The topological polar surface area (TPSA) is 16.1 Å². The normalized spacial score (nSPS) is 18.6. The standard InChI is InChI=1S/C10H13N2/c1-12-7-3-5-10(12)9-4-2-6-11-8-9/h2,4,6,8H,3,5,7H2,1H3/q-1. The van der Waals surface area contributed by atoms with Gasteiger partial charge in [0.1, 0.15) is 0 Å². The van der Waals surface area contributed by atoms with Gasteiger partial charge in [0, 0.05) is 0 Å². The van der Waals surface area contributed by atoms with E-state index in [1.165, 1.54) is 31.0 Å². The van der Waals surface area contributed by atoms with Crippen LogP contribution in [-0.2, 0) is 0 Å². The van der Waals surface area contributed by atoms with Gasteiger partial charge in [-0.05, 0) is 26.2 Å². The summed E-state index contributed by atoms with van der Waals surface area (Å²) in [6.07, 6.45) is 6.24. The van der Waals surface area contributed by atoms with E-state index in [2.05, 4.69) is 23.0 Å². The van der Waals surface area contributed by atoms with Gasteiger partial charge in [0.15, 0.2) is 0 Å². The predicted molar refractivity (Wildman–Crippen MR) is 48.4 cm³/mol. The Hall–Kier alpha value is -1.02. The average molecular weight is 161 g/mol. The van der Waals surface area contributed by atoms with E-state index < -0.39 is 0 Å². The Morgan fingerprint density at radius 2 is 2.50 bits per heavy atom. The summed E-state index contributed by atoms with van der Waals surface area (Å²) < 4.78 is 0. The third-order valence-corrected chi connectivity index (χ3v) is 2.36. The van der Waals surface area contributed by atoms with Crippen molar-refractivity contribution in [3.05, 3.63) is 36.1 Å². The Morgan fingerprint density at radius 3 is 3.08 bits per heavy atom. The number of hydrogen-bond donors (Lipinski definition) is 0. The molecular weight excluding hydrogens is 148 g/mol. The lowest BCUT2D eigenvalue weighted by Gasteiger charge is -2.27. The molecule has 12 heavy (non-hydrogen) atoms. The van der Waals surface area contributed by atoms with E-state index >= 15 is 0 Å². The maximum Gasteiger partial charge on any atom is -0.000386 e. The van der Waals surface area contributed by atoms with Crippen LogP contribution >= 0.6 is 0 Å². The molecule has 0 amide bonds. The maximum absolute atomic E-state index is 4.12. The van der Waals surface area contributed by atoms with Crippen molar-refractivity contribution in [1.82, 2.24) is 9.88 Å². The number of pyridine rings is 1. The van der Waals surface area contributed by atoms with Crippen LogP contribution in [0.1, 0.15) is 18.4 Å². The highest BCUT2D eigenvalue weighted by Gasteiger charge is 2.14. The molecule has 2 rings (SSSR count). The van der Waals surface area contributed by atoms with Gasteiger partial charge in [0.25, 0.3) is 0 Å². The van der Waals surface area contributed by atoms with E-state index in [0.717, 1.165) is 0 Å². The molecule has 1 saturated heterocycles. The Morgan fingerprint density at radius 1 is 1.58 bits per heavy atom. The van der Waals surface area contributed by atoms with Crippen LogP contribution in [0.25, 0.3) is 0 Å². The monoisotopic (exact) mass is 161 g/mol. The van der Waals surface area contributed by atoms with Gasteiger partial charge in [0.2, 0.25) is 0 Å². The third kappa shape index (κ3) is 1.30. The molecule has 2 nitrogen and oxygen atoms in total. The molecule has 1 aromatic heterocycles. The Bertz CT molecular complexity index is 245. The molecule has 0 saturated carbocycles. The van der Waals surface area contributed by atoms with Crippen LogP contribution in [0.5, 0.6) is 0 Å². The molecule has 2 heterocycles. The van der Waals surface area contributed by atoms with E-state index in [0.29, 0.717) is 0 Å². The number of aromatic nitrogens is 1. The summed E-state index contributed by atoms with van der Waals surface area (Å²) in [7, 11) is 2.15. The zero-order valence-corrected chi connectivity index (χ0v) is 7.33. The molecule has 0 radical (unpaired) electrons. The van der Waals surface area contributed by atoms with Crippen molar-refractivity contribution in [2.75, 3.05) is 13.6 Å². The van der Waals surface area contributed by atoms with Crippen LogP contribution in [0.4, 0.5) is 0 Å². The molecule has 0 unspecified atom stereocenters. The van der Waals surface area contributed by atoms with E-state index in [1.54, 1.807) is 0 Å². The van der Waals surface area contributed by atoms with Gasteiger partial charge in [-0.25, -0.2) is 0 Å². The minimum absolute atomic E-state index is 1.18. The summed E-state index contributed by atoms with van der Waals surface area (Å²) >= 11 is 0. The van der Waals surface area contributed by atoms with Crippen molar-refractivity contribution in [2.45, 2.75) is 12.8 Å². The van der Waals surface area contributed by atoms with Gasteiger partial charge in [0.05, 0.1) is 0 Å². The lowest BCUT2D eigenvalue weighted by molar-refractivity contribution is 0.431. The Balaban J connectivity index is 2.19. The molecule has 1 fully saturated rings. The van der Waals surface area contributed by atoms with Crippen LogP contribution in [0.3, 0.4) is 0 Å². The maximum atomic E-state index is 4.12. The zero-order chi connectivity index (χ0) is 8.39. The SMILES string of the molecule is CN1CCC[C-]1c1cccnc1. The first kappa shape index (κ1) is 7.62. The van der Waals surface area contributed by atoms with Crippen LogP contribution < -0.4 is 0 Å². The highest BCUT2D eigenvalue weighted by Crippen LogP contribution is 2.28. The van der Waals surface area contributed by atoms with E-state index in [9.17, 15) is 0 Å². The zero-order valence-electron chi connectivity index (χ0n) is 7.33. The first-order chi connectivity index (χ1) is 5.88. The van der Waals surface area contributed by atoms with Gasteiger partial charge >= 0.3 is 0 Å². The Labute approximate surface area is 73.2 Å². The fourth-order valence-corrected chi connectivity index (χ4v) is 1.71. The molecule has 0 bridgehead atoms. The summed E-state index contributed by atoms with van der Waals surface area (Å²) in [6, 6.07) is 5.56. The van der Waals surface area contributed by atoms with Gasteiger partial charge in [-0.3, -0.25) is 0 Å². The third-order valence-electron chi connectivity index (χ3n) is 2.36. The second-order valence-electron chi connectivity index (χ2n) is 3.21. The molecule has 0 aromatic carbocycles. The number of hydrogen-bond acceptors (Lipinski definition) is 2. The van der Waals surface area contributed by atoms with Gasteiger partial charge in [-0.15, -0.1) is 12.1 Å². The van der Waals surface area contributed by atoms with Gasteiger partial charge in [-0.1, -0.05) is 12.6 Å². The second kappa shape index (κ2) is 3.15. The number of likely N-dealkylation sites (tertiary alicyclic amines) is 1. The van der Waals surface area contributed by atoms with Crippen molar-refractivity contribution in [1.29, 1.82) is 0 Å². The van der Waals surface area contributed by atoms with Crippen molar-refractivity contribution in [2.24, 2.45) is 0 Å². The highest BCUT2D eigenvalue weighted by molar-refractivity contribution is 5.27. The minimum Gasteiger partial charge on any atom is -0.333 e. The minimum atomic E-state index is 1.18. The van der Waals surface area contributed by atoms with Crippen molar-refractivity contribution < 1.29 is 0 Å². The fraction of sp³-hybridized carbons (Fsp3) is 0.400.